The van der Waals surface area contributed by atoms with Crippen molar-refractivity contribution in [2.24, 2.45) is 5.92 Å². The van der Waals surface area contributed by atoms with Gasteiger partial charge in [0.1, 0.15) is 5.82 Å². The molecule has 0 N–H and O–H groups in total. The Kier molecular flexibility index (Phi) is 6.18. The minimum Gasteiger partial charge on any atom is -0.338 e. The Hall–Kier alpha value is -3.47. The Morgan fingerprint density at radius 1 is 0.971 bits per heavy atom. The zero-order chi connectivity index (χ0) is 23.7. The van der Waals surface area contributed by atoms with E-state index in [-0.39, 0.29) is 29.6 Å². The van der Waals surface area contributed by atoms with Crippen molar-refractivity contribution >= 4 is 11.8 Å². The van der Waals surface area contributed by atoms with Crippen LogP contribution >= 0.6 is 0 Å². The van der Waals surface area contributed by atoms with Crippen LogP contribution in [0.15, 0.2) is 72.8 Å². The molecule has 3 aromatic rings. The molecule has 0 saturated carbocycles. The first-order valence-corrected chi connectivity index (χ1v) is 12.0. The summed E-state index contributed by atoms with van der Waals surface area (Å²) in [6.45, 7) is 3.76. The maximum atomic E-state index is 13.6. The van der Waals surface area contributed by atoms with Crippen molar-refractivity contribution in [1.82, 2.24) is 9.80 Å². The first kappa shape index (κ1) is 22.3. The van der Waals surface area contributed by atoms with Crippen molar-refractivity contribution in [2.45, 2.75) is 38.8 Å². The quantitative estimate of drug-likeness (QED) is 0.524. The Bertz CT molecular complexity index is 1190. The third kappa shape index (κ3) is 4.60. The molecule has 0 aromatic heterocycles. The molecule has 2 amide bonds. The maximum Gasteiger partial charge on any atom is 0.253 e. The number of piperidine rings is 2. The van der Waals surface area contributed by atoms with Gasteiger partial charge in [0, 0.05) is 37.7 Å². The number of aryl methyl sites for hydroxylation is 1. The van der Waals surface area contributed by atoms with Gasteiger partial charge in [-0.05, 0) is 66.6 Å². The molecular formula is C29H29FN2O2. The maximum absolute atomic E-state index is 13.6. The standard InChI is InChI=1S/C29H29FN2O2/c1-20-5-7-22(8-6-20)23-9-11-24(12-10-23)29(34)31-16-15-27-25(19-31)13-14-28(33)32(27)18-21-3-2-4-26(30)17-21/h2-12,17,25,27H,13-16,18-19H2,1H3/t25-,27+/m0/s1. The average molecular weight is 457 g/mol. The number of hydrogen-bond donors (Lipinski definition) is 0. The molecular weight excluding hydrogens is 427 g/mol. The second-order valence-electron chi connectivity index (χ2n) is 9.50. The molecule has 4 nitrogen and oxygen atoms in total. The molecule has 2 atom stereocenters. The number of benzene rings is 3. The molecule has 0 bridgehead atoms. The minimum absolute atomic E-state index is 0.0440. The Balaban J connectivity index is 1.26. The molecule has 0 aliphatic carbocycles. The van der Waals surface area contributed by atoms with Crippen molar-refractivity contribution in [3.05, 3.63) is 95.3 Å². The van der Waals surface area contributed by atoms with Gasteiger partial charge in [-0.15, -0.1) is 0 Å². The van der Waals surface area contributed by atoms with E-state index < -0.39 is 0 Å². The van der Waals surface area contributed by atoms with Crippen LogP contribution in [0.1, 0.15) is 40.7 Å². The van der Waals surface area contributed by atoms with E-state index in [1.54, 1.807) is 6.07 Å². The highest BCUT2D eigenvalue weighted by Crippen LogP contribution is 2.33. The van der Waals surface area contributed by atoms with Gasteiger partial charge in [0.15, 0.2) is 0 Å². The first-order valence-electron chi connectivity index (χ1n) is 12.0. The van der Waals surface area contributed by atoms with Crippen LogP contribution in [0.5, 0.6) is 0 Å². The lowest BCUT2D eigenvalue weighted by Crippen LogP contribution is -2.56. The fraction of sp³-hybridized carbons (Fsp3) is 0.310. The SMILES string of the molecule is Cc1ccc(-c2ccc(C(=O)N3CC[C@@H]4[C@@H](CCC(=O)N4Cc4cccc(F)c4)C3)cc2)cc1. The number of amides is 2. The number of fused-ring (bicyclic) bond motifs is 1. The van der Waals surface area contributed by atoms with Crippen LogP contribution in [0.2, 0.25) is 0 Å². The fourth-order valence-electron chi connectivity index (χ4n) is 5.31. The molecule has 174 valence electrons. The zero-order valence-electron chi connectivity index (χ0n) is 19.4. The monoisotopic (exact) mass is 456 g/mol. The summed E-state index contributed by atoms with van der Waals surface area (Å²) in [5.74, 6) is 0.127. The van der Waals surface area contributed by atoms with Gasteiger partial charge in [0.25, 0.3) is 5.91 Å². The molecule has 2 saturated heterocycles. The van der Waals surface area contributed by atoms with E-state index in [1.165, 1.54) is 17.7 Å². The number of nitrogens with zero attached hydrogens (tertiary/aromatic N) is 2. The molecule has 5 heteroatoms. The lowest BCUT2D eigenvalue weighted by molar-refractivity contribution is -0.141. The van der Waals surface area contributed by atoms with Gasteiger partial charge in [-0.3, -0.25) is 9.59 Å². The molecule has 34 heavy (non-hydrogen) atoms. The predicted octanol–water partition coefficient (Wildman–Crippen LogP) is 5.45. The van der Waals surface area contributed by atoms with E-state index in [1.807, 2.05) is 40.1 Å². The number of halogens is 1. The molecule has 2 heterocycles. The summed E-state index contributed by atoms with van der Waals surface area (Å²) >= 11 is 0. The van der Waals surface area contributed by atoms with Crippen molar-refractivity contribution in [3.8, 4) is 11.1 Å². The first-order chi connectivity index (χ1) is 16.5. The van der Waals surface area contributed by atoms with Crippen molar-refractivity contribution in [2.75, 3.05) is 13.1 Å². The lowest BCUT2D eigenvalue weighted by Gasteiger charge is -2.47. The lowest BCUT2D eigenvalue weighted by atomic mass is 9.83. The normalized spacial score (nSPS) is 20.2. The van der Waals surface area contributed by atoms with Crippen LogP contribution in [0.3, 0.4) is 0 Å². The molecule has 5 rings (SSSR count). The molecule has 0 unspecified atom stereocenters. The summed E-state index contributed by atoms with van der Waals surface area (Å²) in [4.78, 5) is 29.8. The predicted molar refractivity (Wildman–Crippen MR) is 131 cm³/mol. The Morgan fingerprint density at radius 2 is 1.68 bits per heavy atom. The van der Waals surface area contributed by atoms with Crippen LogP contribution in [0.4, 0.5) is 4.39 Å². The molecule has 2 aliphatic rings. The van der Waals surface area contributed by atoms with Gasteiger partial charge in [-0.2, -0.15) is 0 Å². The van der Waals surface area contributed by atoms with E-state index in [0.29, 0.717) is 31.6 Å². The molecule has 3 aromatic carbocycles. The van der Waals surface area contributed by atoms with E-state index in [2.05, 4.69) is 31.2 Å². The highest BCUT2D eigenvalue weighted by Gasteiger charge is 2.40. The van der Waals surface area contributed by atoms with E-state index in [9.17, 15) is 14.0 Å². The van der Waals surface area contributed by atoms with E-state index in [4.69, 9.17) is 0 Å². The minimum atomic E-state index is -0.285. The van der Waals surface area contributed by atoms with Gasteiger partial charge >= 0.3 is 0 Å². The molecule has 2 aliphatic heterocycles. The van der Waals surface area contributed by atoms with Crippen LogP contribution in [-0.2, 0) is 11.3 Å². The Morgan fingerprint density at radius 3 is 2.38 bits per heavy atom. The third-order valence-electron chi connectivity index (χ3n) is 7.19. The highest BCUT2D eigenvalue weighted by atomic mass is 19.1. The summed E-state index contributed by atoms with van der Waals surface area (Å²) in [6, 6.07) is 22.7. The number of hydrogen-bond acceptors (Lipinski definition) is 2. The Labute approximate surface area is 200 Å². The van der Waals surface area contributed by atoms with Crippen LogP contribution < -0.4 is 0 Å². The topological polar surface area (TPSA) is 40.6 Å². The van der Waals surface area contributed by atoms with Gasteiger partial charge in [0.2, 0.25) is 5.91 Å². The zero-order valence-corrected chi connectivity index (χ0v) is 19.4. The second-order valence-corrected chi connectivity index (χ2v) is 9.50. The van der Waals surface area contributed by atoms with Gasteiger partial charge in [0.05, 0.1) is 0 Å². The third-order valence-corrected chi connectivity index (χ3v) is 7.19. The smallest absolute Gasteiger partial charge is 0.253 e. The fourth-order valence-corrected chi connectivity index (χ4v) is 5.31. The van der Waals surface area contributed by atoms with E-state index >= 15 is 0 Å². The van der Waals surface area contributed by atoms with Gasteiger partial charge in [-0.1, -0.05) is 54.1 Å². The van der Waals surface area contributed by atoms with Crippen molar-refractivity contribution in [3.63, 3.8) is 0 Å². The summed E-state index contributed by atoms with van der Waals surface area (Å²) in [7, 11) is 0. The highest BCUT2D eigenvalue weighted by molar-refractivity contribution is 5.95. The van der Waals surface area contributed by atoms with Crippen molar-refractivity contribution < 1.29 is 14.0 Å². The number of carbonyl (C=O) groups excluding carboxylic acids is 2. The number of carbonyl (C=O) groups is 2. The number of likely N-dealkylation sites (tertiary alicyclic amines) is 2. The molecule has 0 spiro atoms. The van der Waals surface area contributed by atoms with E-state index in [0.717, 1.165) is 29.5 Å². The summed E-state index contributed by atoms with van der Waals surface area (Å²) in [5.41, 5.74) is 4.95. The summed E-state index contributed by atoms with van der Waals surface area (Å²) in [6.07, 6.45) is 2.02. The number of rotatable bonds is 4. The van der Waals surface area contributed by atoms with Crippen molar-refractivity contribution in [1.29, 1.82) is 0 Å². The summed E-state index contributed by atoms with van der Waals surface area (Å²) in [5, 5.41) is 0. The van der Waals surface area contributed by atoms with Gasteiger partial charge < -0.3 is 9.80 Å². The van der Waals surface area contributed by atoms with Gasteiger partial charge in [-0.25, -0.2) is 4.39 Å². The average Bonchev–Trinajstić information content (AvgIpc) is 2.86. The second kappa shape index (κ2) is 9.41. The summed E-state index contributed by atoms with van der Waals surface area (Å²) < 4.78 is 13.6. The van der Waals surface area contributed by atoms with Crippen LogP contribution in [-0.4, -0.2) is 40.7 Å². The molecule has 2 fully saturated rings. The molecule has 0 radical (unpaired) electrons. The van der Waals surface area contributed by atoms with Crippen LogP contribution in [0.25, 0.3) is 11.1 Å². The van der Waals surface area contributed by atoms with Crippen LogP contribution in [0, 0.1) is 18.7 Å². The largest absolute Gasteiger partial charge is 0.338 e.